The summed E-state index contributed by atoms with van der Waals surface area (Å²) in [7, 11) is -0.737. The lowest BCUT2D eigenvalue weighted by molar-refractivity contribution is 0.275. The monoisotopic (exact) mass is 227 g/mol. The number of benzene rings is 1. The van der Waals surface area contributed by atoms with Crippen LogP contribution in [0.15, 0.2) is 18.2 Å². The van der Waals surface area contributed by atoms with Crippen LogP contribution in [0.2, 0.25) is 0 Å². The molecule has 3 nitrogen and oxygen atoms in total. The fourth-order valence-electron chi connectivity index (χ4n) is 1.87. The highest BCUT2D eigenvalue weighted by atomic mass is 35.5. The van der Waals surface area contributed by atoms with E-state index in [1.165, 1.54) is 0 Å². The zero-order valence-corrected chi connectivity index (χ0v) is 9.30. The molecule has 1 aromatic rings. The van der Waals surface area contributed by atoms with Crippen molar-refractivity contribution in [2.24, 2.45) is 5.73 Å². The van der Waals surface area contributed by atoms with Crippen LogP contribution in [0.1, 0.15) is 17.5 Å². The van der Waals surface area contributed by atoms with Crippen LogP contribution in [0.3, 0.4) is 0 Å². The van der Waals surface area contributed by atoms with Crippen molar-refractivity contribution < 1.29 is 9.68 Å². The van der Waals surface area contributed by atoms with E-state index >= 15 is 0 Å². The second kappa shape index (κ2) is 5.51. The molecule has 5 heteroatoms. The van der Waals surface area contributed by atoms with Gasteiger partial charge in [-0.25, -0.2) is 0 Å². The van der Waals surface area contributed by atoms with Gasteiger partial charge in [0, 0.05) is 0 Å². The van der Waals surface area contributed by atoms with Gasteiger partial charge in [-0.05, 0) is 36.0 Å². The Morgan fingerprint density at radius 2 is 2.27 bits per heavy atom. The zero-order valence-electron chi connectivity index (χ0n) is 8.48. The molecule has 1 heterocycles. The Morgan fingerprint density at radius 3 is 3.00 bits per heavy atom. The Balaban J connectivity index is 0.00000112. The quantitative estimate of drug-likeness (QED) is 0.726. The Hall–Kier alpha value is -0.545. The maximum absolute atomic E-state index is 9.61. The first kappa shape index (κ1) is 12.5. The molecule has 82 valence electrons. The first-order valence-corrected chi connectivity index (χ1v) is 4.93. The summed E-state index contributed by atoms with van der Waals surface area (Å²) in [5.41, 5.74) is 8.69. The zero-order chi connectivity index (χ0) is 9.97. The summed E-state index contributed by atoms with van der Waals surface area (Å²) in [6.45, 7) is 1.20. The fraction of sp³-hybridized carbons (Fsp3) is 0.400. The number of hydrogen-bond acceptors (Lipinski definition) is 3. The van der Waals surface area contributed by atoms with Crippen molar-refractivity contribution in [2.75, 3.05) is 6.54 Å². The highest BCUT2D eigenvalue weighted by Gasteiger charge is 2.29. The molecule has 15 heavy (non-hydrogen) atoms. The van der Waals surface area contributed by atoms with E-state index in [4.69, 9.17) is 10.4 Å². The van der Waals surface area contributed by atoms with Gasteiger partial charge in [-0.1, -0.05) is 18.2 Å². The second-order valence-corrected chi connectivity index (χ2v) is 3.55. The lowest BCUT2D eigenvalue weighted by atomic mass is 9.75. The highest BCUT2D eigenvalue weighted by molar-refractivity contribution is 6.62. The van der Waals surface area contributed by atoms with E-state index in [0.717, 1.165) is 29.4 Å². The normalized spacial score (nSPS) is 13.6. The Kier molecular flexibility index (Phi) is 4.60. The summed E-state index contributed by atoms with van der Waals surface area (Å²) in [6.07, 6.45) is 1.86. The SMILES string of the molecule is Cl.NCCCc1cccc2c1B(O)OC2. The lowest BCUT2D eigenvalue weighted by Gasteiger charge is -2.06. The van der Waals surface area contributed by atoms with Crippen molar-refractivity contribution in [1.82, 2.24) is 0 Å². The molecule has 0 saturated carbocycles. The van der Waals surface area contributed by atoms with Crippen LogP contribution in [0.4, 0.5) is 0 Å². The topological polar surface area (TPSA) is 55.5 Å². The van der Waals surface area contributed by atoms with Gasteiger partial charge in [0.15, 0.2) is 0 Å². The smallest absolute Gasteiger partial charge is 0.423 e. The van der Waals surface area contributed by atoms with Crippen LogP contribution < -0.4 is 11.2 Å². The number of hydrogen-bond donors (Lipinski definition) is 2. The van der Waals surface area contributed by atoms with Crippen LogP contribution in [0.5, 0.6) is 0 Å². The summed E-state index contributed by atoms with van der Waals surface area (Å²) < 4.78 is 5.17. The molecule has 0 amide bonds. The number of fused-ring (bicyclic) bond motifs is 1. The molecule has 0 fully saturated rings. The van der Waals surface area contributed by atoms with Crippen molar-refractivity contribution in [3.8, 4) is 0 Å². The second-order valence-electron chi connectivity index (χ2n) is 3.55. The molecular weight excluding hydrogens is 212 g/mol. The third-order valence-corrected chi connectivity index (χ3v) is 2.58. The van der Waals surface area contributed by atoms with Crippen molar-refractivity contribution in [2.45, 2.75) is 19.4 Å². The van der Waals surface area contributed by atoms with E-state index in [2.05, 4.69) is 0 Å². The molecular formula is C10H15BClNO2. The van der Waals surface area contributed by atoms with Crippen LogP contribution in [-0.4, -0.2) is 18.7 Å². The van der Waals surface area contributed by atoms with Gasteiger partial charge in [-0.15, -0.1) is 12.4 Å². The number of nitrogens with two attached hydrogens (primary N) is 1. The highest BCUT2D eigenvalue weighted by Crippen LogP contribution is 2.13. The van der Waals surface area contributed by atoms with Crippen molar-refractivity contribution >= 4 is 25.0 Å². The molecule has 0 spiro atoms. The molecule has 0 aliphatic carbocycles. The minimum Gasteiger partial charge on any atom is -0.423 e. The summed E-state index contributed by atoms with van der Waals surface area (Å²) in [5, 5.41) is 9.61. The molecule has 0 aromatic heterocycles. The van der Waals surface area contributed by atoms with E-state index in [0.29, 0.717) is 13.2 Å². The Bertz CT molecular complexity index is 335. The molecule has 2 rings (SSSR count). The maximum Gasteiger partial charge on any atom is 0.492 e. The molecule has 0 saturated heterocycles. The van der Waals surface area contributed by atoms with Gasteiger partial charge in [-0.3, -0.25) is 0 Å². The molecule has 1 aliphatic rings. The van der Waals surface area contributed by atoms with Gasteiger partial charge >= 0.3 is 7.12 Å². The largest absolute Gasteiger partial charge is 0.492 e. The van der Waals surface area contributed by atoms with Gasteiger partial charge in [-0.2, -0.15) is 0 Å². The molecule has 0 radical (unpaired) electrons. The minimum absolute atomic E-state index is 0. The summed E-state index contributed by atoms with van der Waals surface area (Å²) in [6, 6.07) is 6.04. The van der Waals surface area contributed by atoms with E-state index in [9.17, 15) is 5.02 Å². The van der Waals surface area contributed by atoms with E-state index in [1.54, 1.807) is 0 Å². The molecule has 3 N–H and O–H groups in total. The summed E-state index contributed by atoms with van der Waals surface area (Å²) in [5.74, 6) is 0. The summed E-state index contributed by atoms with van der Waals surface area (Å²) >= 11 is 0. The molecule has 0 atom stereocenters. The van der Waals surface area contributed by atoms with Gasteiger partial charge in [0.1, 0.15) is 0 Å². The first-order chi connectivity index (χ1) is 6.83. The maximum atomic E-state index is 9.61. The number of rotatable bonds is 3. The van der Waals surface area contributed by atoms with Gasteiger partial charge in [0.2, 0.25) is 0 Å². The number of aryl methyl sites for hydroxylation is 1. The molecule has 1 aromatic carbocycles. The molecule has 1 aliphatic heterocycles. The van der Waals surface area contributed by atoms with Crippen LogP contribution in [0, 0.1) is 0 Å². The average Bonchev–Trinajstić information content (AvgIpc) is 2.58. The van der Waals surface area contributed by atoms with Crippen LogP contribution >= 0.6 is 12.4 Å². The van der Waals surface area contributed by atoms with Crippen LogP contribution in [-0.2, 0) is 17.7 Å². The van der Waals surface area contributed by atoms with E-state index < -0.39 is 7.12 Å². The lowest BCUT2D eigenvalue weighted by Crippen LogP contribution is -2.31. The van der Waals surface area contributed by atoms with E-state index in [-0.39, 0.29) is 12.4 Å². The third-order valence-electron chi connectivity index (χ3n) is 2.58. The average molecular weight is 228 g/mol. The molecule has 0 unspecified atom stereocenters. The summed E-state index contributed by atoms with van der Waals surface area (Å²) in [4.78, 5) is 0. The fourth-order valence-corrected chi connectivity index (χ4v) is 1.87. The van der Waals surface area contributed by atoms with E-state index in [1.807, 2.05) is 18.2 Å². The standard InChI is InChI=1S/C10H14BNO2.ClH/c12-6-2-5-8-3-1-4-9-7-14-11(13)10(8)9;/h1,3-4,13H,2,5-7,12H2;1H. The minimum atomic E-state index is -0.737. The third kappa shape index (κ3) is 2.52. The van der Waals surface area contributed by atoms with Crippen LogP contribution in [0.25, 0.3) is 0 Å². The number of halogens is 1. The molecule has 0 bridgehead atoms. The van der Waals surface area contributed by atoms with Crippen molar-refractivity contribution in [3.63, 3.8) is 0 Å². The van der Waals surface area contributed by atoms with Gasteiger partial charge < -0.3 is 15.4 Å². The first-order valence-electron chi connectivity index (χ1n) is 4.93. The van der Waals surface area contributed by atoms with Gasteiger partial charge in [0.25, 0.3) is 0 Å². The predicted octanol–water partition coefficient (Wildman–Crippen LogP) is 0.217. The predicted molar refractivity (Wildman–Crippen MR) is 63.5 cm³/mol. The Morgan fingerprint density at radius 1 is 1.47 bits per heavy atom. The Labute approximate surface area is 96.2 Å². The van der Waals surface area contributed by atoms with Gasteiger partial charge in [0.05, 0.1) is 6.61 Å². The van der Waals surface area contributed by atoms with Crippen molar-refractivity contribution in [1.29, 1.82) is 0 Å². The van der Waals surface area contributed by atoms with Crippen molar-refractivity contribution in [3.05, 3.63) is 29.3 Å².